The average Bonchev–Trinajstić information content (AvgIpc) is 2.68. The Morgan fingerprint density at radius 3 is 2.15 bits per heavy atom. The minimum Gasteiger partial charge on any atom is -0.481 e. The third-order valence-electron chi connectivity index (χ3n) is 3.56. The van der Waals surface area contributed by atoms with E-state index in [-0.39, 0.29) is 12.3 Å². The maximum atomic E-state index is 11.6. The number of carboxylic acids is 1. The van der Waals surface area contributed by atoms with Crippen molar-refractivity contribution in [2.75, 3.05) is 0 Å². The molecule has 0 unspecified atom stereocenters. The van der Waals surface area contributed by atoms with E-state index < -0.39 is 5.97 Å². The highest BCUT2D eigenvalue weighted by Crippen LogP contribution is 2.14. The van der Waals surface area contributed by atoms with Crippen molar-refractivity contribution >= 4 is 17.6 Å². The maximum Gasteiger partial charge on any atom is 0.303 e. The summed E-state index contributed by atoms with van der Waals surface area (Å²) in [5.41, 5.74) is 3.77. The minimum atomic E-state index is -0.748. The Bertz CT molecular complexity index is 330. The van der Waals surface area contributed by atoms with E-state index in [2.05, 4.69) is 10.5 Å². The zero-order chi connectivity index (χ0) is 14.6. The molecule has 0 radical (unpaired) electrons. The summed E-state index contributed by atoms with van der Waals surface area (Å²) in [4.78, 5) is 21.9. The molecule has 0 aromatic heterocycles. The molecule has 1 amide bonds. The highest BCUT2D eigenvalue weighted by molar-refractivity contribution is 5.86. The molecule has 0 saturated heterocycles. The lowest BCUT2D eigenvalue weighted by Crippen LogP contribution is -2.19. The fourth-order valence-corrected chi connectivity index (χ4v) is 2.36. The van der Waals surface area contributed by atoms with E-state index in [1.54, 1.807) is 0 Å². The number of hydrogen-bond donors (Lipinski definition) is 2. The summed E-state index contributed by atoms with van der Waals surface area (Å²) in [5.74, 6) is -0.776. The first kappa shape index (κ1) is 16.7. The van der Waals surface area contributed by atoms with Crippen LogP contribution in [0.1, 0.15) is 77.0 Å². The number of hydrazone groups is 1. The molecule has 0 atom stereocenters. The molecule has 1 fully saturated rings. The molecule has 20 heavy (non-hydrogen) atoms. The summed E-state index contributed by atoms with van der Waals surface area (Å²) in [6.07, 6.45) is 10.9. The van der Waals surface area contributed by atoms with Crippen molar-refractivity contribution in [2.45, 2.75) is 77.0 Å². The Morgan fingerprint density at radius 1 is 0.950 bits per heavy atom. The van der Waals surface area contributed by atoms with Gasteiger partial charge in [0.15, 0.2) is 0 Å². The van der Waals surface area contributed by atoms with Crippen molar-refractivity contribution in [3.63, 3.8) is 0 Å². The van der Waals surface area contributed by atoms with Crippen LogP contribution in [-0.2, 0) is 9.59 Å². The Labute approximate surface area is 120 Å². The van der Waals surface area contributed by atoms with E-state index >= 15 is 0 Å². The molecule has 0 aromatic rings. The molecule has 0 aromatic carbocycles. The first-order valence-electron chi connectivity index (χ1n) is 7.74. The standard InChI is InChI=1S/C15H26N2O3/c18-14(11-7-3-4-8-12-15(19)20)17-16-13-9-5-1-2-6-10-13/h1-12H2,(H,17,18)(H,19,20). The molecule has 2 N–H and O–H groups in total. The van der Waals surface area contributed by atoms with E-state index in [0.717, 1.165) is 37.8 Å². The maximum absolute atomic E-state index is 11.6. The molecule has 0 heterocycles. The molecule has 5 nitrogen and oxygen atoms in total. The number of carboxylic acid groups (broad SMARTS) is 1. The van der Waals surface area contributed by atoms with Gasteiger partial charge in [0.05, 0.1) is 0 Å². The van der Waals surface area contributed by atoms with Crippen molar-refractivity contribution in [2.24, 2.45) is 5.10 Å². The van der Waals surface area contributed by atoms with E-state index in [4.69, 9.17) is 5.11 Å². The van der Waals surface area contributed by atoms with Gasteiger partial charge in [0, 0.05) is 18.6 Å². The number of hydrogen-bond acceptors (Lipinski definition) is 3. The minimum absolute atomic E-state index is 0.0278. The van der Waals surface area contributed by atoms with Gasteiger partial charge in [-0.05, 0) is 38.5 Å². The van der Waals surface area contributed by atoms with Crippen molar-refractivity contribution in [3.05, 3.63) is 0 Å². The summed E-state index contributed by atoms with van der Waals surface area (Å²) in [7, 11) is 0. The van der Waals surface area contributed by atoms with Gasteiger partial charge in [-0.25, -0.2) is 5.43 Å². The lowest BCUT2D eigenvalue weighted by atomic mass is 10.1. The first-order valence-corrected chi connectivity index (χ1v) is 7.74. The van der Waals surface area contributed by atoms with Gasteiger partial charge in [0.2, 0.25) is 5.91 Å². The molecule has 5 heteroatoms. The number of carbonyl (C=O) groups is 2. The van der Waals surface area contributed by atoms with Crippen LogP contribution in [0.5, 0.6) is 0 Å². The largest absolute Gasteiger partial charge is 0.481 e. The fraction of sp³-hybridized carbons (Fsp3) is 0.800. The Kier molecular flexibility index (Phi) is 8.67. The fourth-order valence-electron chi connectivity index (χ4n) is 2.36. The monoisotopic (exact) mass is 282 g/mol. The zero-order valence-corrected chi connectivity index (χ0v) is 12.2. The highest BCUT2D eigenvalue weighted by Gasteiger charge is 2.06. The number of carbonyl (C=O) groups excluding carboxylic acids is 1. The van der Waals surface area contributed by atoms with Gasteiger partial charge in [-0.15, -0.1) is 0 Å². The summed E-state index contributed by atoms with van der Waals surface area (Å²) in [5, 5.41) is 12.7. The quantitative estimate of drug-likeness (QED) is 0.407. The normalized spacial score (nSPS) is 15.5. The zero-order valence-electron chi connectivity index (χ0n) is 12.2. The van der Waals surface area contributed by atoms with E-state index in [1.165, 1.54) is 25.7 Å². The number of unbranched alkanes of at least 4 members (excludes halogenated alkanes) is 3. The number of amides is 1. The van der Waals surface area contributed by atoms with Crippen molar-refractivity contribution < 1.29 is 14.7 Å². The molecule has 0 spiro atoms. The lowest BCUT2D eigenvalue weighted by Gasteiger charge is -2.03. The van der Waals surface area contributed by atoms with Crippen LogP contribution in [0.3, 0.4) is 0 Å². The number of nitrogens with zero attached hydrogens (tertiary/aromatic N) is 1. The summed E-state index contributed by atoms with van der Waals surface area (Å²) in [6, 6.07) is 0. The molecular weight excluding hydrogens is 256 g/mol. The number of aliphatic carboxylic acids is 1. The first-order chi connectivity index (χ1) is 9.68. The second-order valence-corrected chi connectivity index (χ2v) is 5.44. The van der Waals surface area contributed by atoms with Crippen LogP contribution >= 0.6 is 0 Å². The molecule has 1 rings (SSSR count). The molecule has 1 saturated carbocycles. The average molecular weight is 282 g/mol. The van der Waals surface area contributed by atoms with Crippen LogP contribution in [0.25, 0.3) is 0 Å². The van der Waals surface area contributed by atoms with Crippen LogP contribution in [0.4, 0.5) is 0 Å². The number of nitrogens with one attached hydrogen (secondary N) is 1. The molecule has 1 aliphatic rings. The van der Waals surface area contributed by atoms with Crippen molar-refractivity contribution in [1.29, 1.82) is 0 Å². The second kappa shape index (κ2) is 10.4. The van der Waals surface area contributed by atoms with E-state index in [0.29, 0.717) is 12.8 Å². The second-order valence-electron chi connectivity index (χ2n) is 5.44. The van der Waals surface area contributed by atoms with E-state index in [9.17, 15) is 9.59 Å². The van der Waals surface area contributed by atoms with Gasteiger partial charge < -0.3 is 5.11 Å². The van der Waals surface area contributed by atoms with Gasteiger partial charge in [0.25, 0.3) is 0 Å². The molecule has 1 aliphatic carbocycles. The van der Waals surface area contributed by atoms with Crippen LogP contribution < -0.4 is 5.43 Å². The van der Waals surface area contributed by atoms with Gasteiger partial charge in [-0.2, -0.15) is 5.10 Å². The highest BCUT2D eigenvalue weighted by atomic mass is 16.4. The van der Waals surface area contributed by atoms with E-state index in [1.807, 2.05) is 0 Å². The summed E-state index contributed by atoms with van der Waals surface area (Å²) in [6.45, 7) is 0. The summed E-state index contributed by atoms with van der Waals surface area (Å²) < 4.78 is 0. The van der Waals surface area contributed by atoms with Gasteiger partial charge >= 0.3 is 5.97 Å². The SMILES string of the molecule is O=C(O)CCCCCCC(=O)NN=C1CCCCCC1. The number of rotatable bonds is 8. The Balaban J connectivity index is 2.04. The van der Waals surface area contributed by atoms with Crippen molar-refractivity contribution in [1.82, 2.24) is 5.43 Å². The Morgan fingerprint density at radius 2 is 1.55 bits per heavy atom. The van der Waals surface area contributed by atoms with Gasteiger partial charge in [0.1, 0.15) is 0 Å². The van der Waals surface area contributed by atoms with Crippen LogP contribution in [-0.4, -0.2) is 22.7 Å². The predicted molar refractivity (Wildman–Crippen MR) is 78.6 cm³/mol. The van der Waals surface area contributed by atoms with Gasteiger partial charge in [-0.1, -0.05) is 25.7 Å². The molecule has 0 bridgehead atoms. The van der Waals surface area contributed by atoms with Crippen molar-refractivity contribution in [3.8, 4) is 0 Å². The molecule has 114 valence electrons. The lowest BCUT2D eigenvalue weighted by molar-refractivity contribution is -0.137. The van der Waals surface area contributed by atoms with Crippen LogP contribution in [0.2, 0.25) is 0 Å². The molecular formula is C15H26N2O3. The molecule has 0 aliphatic heterocycles. The van der Waals surface area contributed by atoms with Gasteiger partial charge in [-0.3, -0.25) is 9.59 Å². The Hall–Kier alpha value is -1.39. The van der Waals surface area contributed by atoms with Crippen LogP contribution in [0, 0.1) is 0 Å². The predicted octanol–water partition coefficient (Wildman–Crippen LogP) is 3.24. The van der Waals surface area contributed by atoms with Crippen LogP contribution in [0.15, 0.2) is 5.10 Å². The summed E-state index contributed by atoms with van der Waals surface area (Å²) >= 11 is 0. The topological polar surface area (TPSA) is 78.8 Å². The third-order valence-corrected chi connectivity index (χ3v) is 3.56. The smallest absolute Gasteiger partial charge is 0.303 e. The third kappa shape index (κ3) is 8.67.